The molecule has 1 N–H and O–H groups in total. The number of rotatable bonds is 7. The van der Waals surface area contributed by atoms with Crippen molar-refractivity contribution >= 4 is 5.91 Å². The number of benzene rings is 1. The number of amides is 1. The smallest absolute Gasteiger partial charge is 0.251 e. The van der Waals surface area contributed by atoms with E-state index in [9.17, 15) is 4.79 Å². The van der Waals surface area contributed by atoms with Gasteiger partial charge in [0.1, 0.15) is 0 Å². The quantitative estimate of drug-likeness (QED) is 0.854. The Kier molecular flexibility index (Phi) is 5.93. The molecule has 2 rings (SSSR count). The normalized spacial score (nSPS) is 11.2. The minimum Gasteiger partial charge on any atom is -0.352 e. The fourth-order valence-electron chi connectivity index (χ4n) is 2.38. The van der Waals surface area contributed by atoms with Crippen LogP contribution in [0.4, 0.5) is 0 Å². The second-order valence-corrected chi connectivity index (χ2v) is 6.32. The van der Waals surface area contributed by atoms with Gasteiger partial charge in [-0.1, -0.05) is 12.1 Å². The van der Waals surface area contributed by atoms with Crippen LogP contribution >= 0.6 is 0 Å². The van der Waals surface area contributed by atoms with Gasteiger partial charge in [0.05, 0.1) is 5.69 Å². The molecule has 124 valence electrons. The Balaban J connectivity index is 1.86. The lowest BCUT2D eigenvalue weighted by molar-refractivity contribution is 0.0954. The van der Waals surface area contributed by atoms with Crippen molar-refractivity contribution in [2.75, 3.05) is 20.6 Å². The molecular formula is C18H26N4O. The highest BCUT2D eigenvalue weighted by molar-refractivity contribution is 5.94. The summed E-state index contributed by atoms with van der Waals surface area (Å²) in [6.07, 6.45) is 2.72. The molecule has 1 aromatic heterocycles. The third-order valence-electron chi connectivity index (χ3n) is 3.55. The highest BCUT2D eigenvalue weighted by Gasteiger charge is 2.07. The first kappa shape index (κ1) is 17.2. The van der Waals surface area contributed by atoms with E-state index in [1.807, 2.05) is 55.3 Å². The standard InChI is InChI=1S/C18H26N4O/c1-14(2)22-11-9-17(20-22)8-10-19-18(23)16-7-5-6-15(12-16)13-21(3)4/h5-7,9,11-12,14H,8,10,13H2,1-4H3,(H,19,23). The summed E-state index contributed by atoms with van der Waals surface area (Å²) in [5.74, 6) is -0.0334. The van der Waals surface area contributed by atoms with Crippen LogP contribution < -0.4 is 5.32 Å². The van der Waals surface area contributed by atoms with Gasteiger partial charge in [0.25, 0.3) is 5.91 Å². The molecule has 0 radical (unpaired) electrons. The SMILES string of the molecule is CC(C)n1ccc(CCNC(=O)c2cccc(CN(C)C)c2)n1. The van der Waals surface area contributed by atoms with E-state index in [1.165, 1.54) is 0 Å². The van der Waals surface area contributed by atoms with E-state index in [1.54, 1.807) is 0 Å². The predicted molar refractivity (Wildman–Crippen MR) is 92.5 cm³/mol. The average Bonchev–Trinajstić information content (AvgIpc) is 2.96. The summed E-state index contributed by atoms with van der Waals surface area (Å²) in [6.45, 7) is 5.61. The van der Waals surface area contributed by atoms with Crippen molar-refractivity contribution in [1.82, 2.24) is 20.0 Å². The second kappa shape index (κ2) is 7.92. The average molecular weight is 314 g/mol. The first-order valence-corrected chi connectivity index (χ1v) is 8.01. The Morgan fingerprint density at radius 1 is 1.30 bits per heavy atom. The van der Waals surface area contributed by atoms with Crippen LogP contribution in [0.2, 0.25) is 0 Å². The van der Waals surface area contributed by atoms with Crippen LogP contribution in [0.3, 0.4) is 0 Å². The van der Waals surface area contributed by atoms with Gasteiger partial charge in [-0.25, -0.2) is 0 Å². The molecule has 1 amide bonds. The third-order valence-corrected chi connectivity index (χ3v) is 3.55. The molecule has 0 fully saturated rings. The maximum Gasteiger partial charge on any atom is 0.251 e. The highest BCUT2D eigenvalue weighted by Crippen LogP contribution is 2.08. The third kappa shape index (κ3) is 5.21. The molecule has 0 saturated heterocycles. The second-order valence-electron chi connectivity index (χ2n) is 6.32. The molecule has 0 atom stereocenters. The molecule has 0 unspecified atom stereocenters. The molecular weight excluding hydrogens is 288 g/mol. The molecule has 0 aliphatic heterocycles. The maximum absolute atomic E-state index is 12.2. The fraction of sp³-hybridized carbons (Fsp3) is 0.444. The van der Waals surface area contributed by atoms with Crippen LogP contribution in [-0.2, 0) is 13.0 Å². The summed E-state index contributed by atoms with van der Waals surface area (Å²) in [7, 11) is 4.03. The summed E-state index contributed by atoms with van der Waals surface area (Å²) in [4.78, 5) is 14.3. The Hall–Kier alpha value is -2.14. The van der Waals surface area contributed by atoms with Crippen molar-refractivity contribution in [3.8, 4) is 0 Å². The molecule has 23 heavy (non-hydrogen) atoms. The van der Waals surface area contributed by atoms with Crippen molar-refractivity contribution in [2.24, 2.45) is 0 Å². The number of carbonyl (C=O) groups is 1. The molecule has 1 aromatic carbocycles. The van der Waals surface area contributed by atoms with Crippen LogP contribution in [0, 0.1) is 0 Å². The summed E-state index contributed by atoms with van der Waals surface area (Å²) < 4.78 is 1.93. The molecule has 1 heterocycles. The Morgan fingerprint density at radius 2 is 2.09 bits per heavy atom. The molecule has 2 aromatic rings. The van der Waals surface area contributed by atoms with Crippen molar-refractivity contribution in [1.29, 1.82) is 0 Å². The van der Waals surface area contributed by atoms with Crippen molar-refractivity contribution in [3.05, 3.63) is 53.3 Å². The number of aromatic nitrogens is 2. The van der Waals surface area contributed by atoms with E-state index in [-0.39, 0.29) is 5.91 Å². The van der Waals surface area contributed by atoms with Gasteiger partial charge in [0.15, 0.2) is 0 Å². The number of nitrogens with one attached hydrogen (secondary N) is 1. The lowest BCUT2D eigenvalue weighted by Gasteiger charge is -2.11. The monoisotopic (exact) mass is 314 g/mol. The summed E-state index contributed by atoms with van der Waals surface area (Å²) in [5, 5.41) is 7.45. The zero-order valence-corrected chi connectivity index (χ0v) is 14.4. The molecule has 5 heteroatoms. The molecule has 0 bridgehead atoms. The van der Waals surface area contributed by atoms with Gasteiger partial charge in [-0.15, -0.1) is 0 Å². The zero-order chi connectivity index (χ0) is 16.8. The largest absolute Gasteiger partial charge is 0.352 e. The van der Waals surface area contributed by atoms with Crippen LogP contribution in [0.1, 0.15) is 41.5 Å². The van der Waals surface area contributed by atoms with Crippen molar-refractivity contribution < 1.29 is 4.79 Å². The van der Waals surface area contributed by atoms with Gasteiger partial charge in [-0.05, 0) is 51.7 Å². The first-order valence-electron chi connectivity index (χ1n) is 8.01. The molecule has 0 aliphatic carbocycles. The minimum absolute atomic E-state index is 0.0334. The molecule has 0 aliphatic rings. The molecule has 0 saturated carbocycles. The predicted octanol–water partition coefficient (Wildman–Crippen LogP) is 2.50. The lowest BCUT2D eigenvalue weighted by atomic mass is 10.1. The van der Waals surface area contributed by atoms with Gasteiger partial charge in [0, 0.05) is 37.3 Å². The van der Waals surface area contributed by atoms with E-state index < -0.39 is 0 Å². The number of hydrogen-bond donors (Lipinski definition) is 1. The van der Waals surface area contributed by atoms with Crippen LogP contribution in [0.15, 0.2) is 36.5 Å². The Bertz CT molecular complexity index is 646. The van der Waals surface area contributed by atoms with Crippen molar-refractivity contribution in [3.63, 3.8) is 0 Å². The molecule has 0 spiro atoms. The fourth-order valence-corrected chi connectivity index (χ4v) is 2.38. The van der Waals surface area contributed by atoms with Gasteiger partial charge in [0.2, 0.25) is 0 Å². The van der Waals surface area contributed by atoms with E-state index >= 15 is 0 Å². The van der Waals surface area contributed by atoms with E-state index in [0.29, 0.717) is 18.2 Å². The van der Waals surface area contributed by atoms with Gasteiger partial charge in [-0.3, -0.25) is 9.48 Å². The summed E-state index contributed by atoms with van der Waals surface area (Å²) in [6, 6.07) is 10.1. The zero-order valence-electron chi connectivity index (χ0n) is 14.4. The van der Waals surface area contributed by atoms with Gasteiger partial charge in [-0.2, -0.15) is 5.10 Å². The summed E-state index contributed by atoms with van der Waals surface area (Å²) in [5.41, 5.74) is 2.84. The van der Waals surface area contributed by atoms with Crippen molar-refractivity contribution in [2.45, 2.75) is 32.9 Å². The topological polar surface area (TPSA) is 50.2 Å². The maximum atomic E-state index is 12.2. The van der Waals surface area contributed by atoms with E-state index in [0.717, 1.165) is 24.2 Å². The van der Waals surface area contributed by atoms with E-state index in [4.69, 9.17) is 0 Å². The van der Waals surface area contributed by atoms with Crippen LogP contribution in [0.25, 0.3) is 0 Å². The summed E-state index contributed by atoms with van der Waals surface area (Å²) >= 11 is 0. The van der Waals surface area contributed by atoms with Gasteiger partial charge < -0.3 is 10.2 Å². The number of carbonyl (C=O) groups excluding carboxylic acids is 1. The Labute approximate surface area is 138 Å². The minimum atomic E-state index is -0.0334. The molecule has 5 nitrogen and oxygen atoms in total. The van der Waals surface area contributed by atoms with Crippen LogP contribution in [0.5, 0.6) is 0 Å². The highest BCUT2D eigenvalue weighted by atomic mass is 16.1. The van der Waals surface area contributed by atoms with E-state index in [2.05, 4.69) is 29.2 Å². The van der Waals surface area contributed by atoms with Gasteiger partial charge >= 0.3 is 0 Å². The Morgan fingerprint density at radius 3 is 2.74 bits per heavy atom. The number of hydrogen-bond acceptors (Lipinski definition) is 3. The number of nitrogens with zero attached hydrogens (tertiary/aromatic N) is 3. The first-order chi connectivity index (χ1) is 11.0. The van der Waals surface area contributed by atoms with Crippen LogP contribution in [-0.4, -0.2) is 41.2 Å². The lowest BCUT2D eigenvalue weighted by Crippen LogP contribution is -2.26.